The Labute approximate surface area is 157 Å². The van der Waals surface area contributed by atoms with Crippen molar-refractivity contribution in [2.24, 2.45) is 7.05 Å². The van der Waals surface area contributed by atoms with Gasteiger partial charge in [0.2, 0.25) is 0 Å². The minimum atomic E-state index is -1.03. The quantitative estimate of drug-likeness (QED) is 0.620. The SMILES string of the molecule is Cc1ccc(NC(=O)Nc2ccc(F)c(F)c2)cc1-c1c(Br)cnn1C. The van der Waals surface area contributed by atoms with E-state index in [0.717, 1.165) is 33.4 Å². The Kier molecular flexibility index (Phi) is 5.03. The lowest BCUT2D eigenvalue weighted by Gasteiger charge is -2.12. The maximum atomic E-state index is 13.2. The Bertz CT molecular complexity index is 968. The zero-order chi connectivity index (χ0) is 18.8. The maximum absolute atomic E-state index is 13.2. The Hall–Kier alpha value is -2.74. The molecule has 5 nitrogen and oxygen atoms in total. The average molecular weight is 421 g/mol. The predicted octanol–water partition coefficient (Wildman–Crippen LogP) is 5.08. The van der Waals surface area contributed by atoms with Gasteiger partial charge in [0.1, 0.15) is 0 Å². The number of aromatic nitrogens is 2. The molecule has 26 heavy (non-hydrogen) atoms. The van der Waals surface area contributed by atoms with Crippen molar-refractivity contribution >= 4 is 33.3 Å². The molecule has 0 aliphatic carbocycles. The van der Waals surface area contributed by atoms with Gasteiger partial charge in [0.05, 0.1) is 16.4 Å². The van der Waals surface area contributed by atoms with Crippen LogP contribution in [0.2, 0.25) is 0 Å². The number of carbonyl (C=O) groups is 1. The van der Waals surface area contributed by atoms with E-state index in [4.69, 9.17) is 0 Å². The highest BCUT2D eigenvalue weighted by molar-refractivity contribution is 9.10. The van der Waals surface area contributed by atoms with Crippen molar-refractivity contribution in [2.45, 2.75) is 6.92 Å². The van der Waals surface area contributed by atoms with Gasteiger partial charge < -0.3 is 10.6 Å². The van der Waals surface area contributed by atoms with E-state index in [9.17, 15) is 13.6 Å². The molecule has 2 amide bonds. The van der Waals surface area contributed by atoms with E-state index >= 15 is 0 Å². The number of benzene rings is 2. The Balaban J connectivity index is 1.81. The average Bonchev–Trinajstić information content (AvgIpc) is 2.91. The highest BCUT2D eigenvalue weighted by Crippen LogP contribution is 2.32. The number of anilines is 2. The Morgan fingerprint density at radius 1 is 1.08 bits per heavy atom. The third kappa shape index (κ3) is 3.75. The normalized spacial score (nSPS) is 10.7. The third-order valence-corrected chi connectivity index (χ3v) is 4.40. The van der Waals surface area contributed by atoms with Crippen molar-refractivity contribution in [1.29, 1.82) is 0 Å². The molecule has 1 aromatic heterocycles. The molecule has 134 valence electrons. The van der Waals surface area contributed by atoms with Crippen LogP contribution >= 0.6 is 15.9 Å². The second-order valence-electron chi connectivity index (χ2n) is 5.70. The van der Waals surface area contributed by atoms with E-state index in [1.54, 1.807) is 16.9 Å². The number of urea groups is 1. The Morgan fingerprint density at radius 2 is 1.73 bits per heavy atom. The van der Waals surface area contributed by atoms with E-state index in [1.807, 2.05) is 26.1 Å². The van der Waals surface area contributed by atoms with Crippen LogP contribution in [0.1, 0.15) is 5.56 Å². The zero-order valence-corrected chi connectivity index (χ0v) is 15.6. The molecular formula is C18H15BrF2N4O. The molecule has 0 radical (unpaired) electrons. The summed E-state index contributed by atoms with van der Waals surface area (Å²) in [5.41, 5.74) is 3.51. The highest BCUT2D eigenvalue weighted by atomic mass is 79.9. The summed E-state index contributed by atoms with van der Waals surface area (Å²) in [6.45, 7) is 1.96. The first kappa shape index (κ1) is 18.1. The standard InChI is InChI=1S/C18H15BrF2N4O/c1-10-3-4-11(7-13(10)17-14(19)9-22-25(17)2)23-18(26)24-12-5-6-15(20)16(21)8-12/h3-9H,1-2H3,(H2,23,24,26). The van der Waals surface area contributed by atoms with Gasteiger partial charge in [-0.1, -0.05) is 6.07 Å². The largest absolute Gasteiger partial charge is 0.323 e. The summed E-state index contributed by atoms with van der Waals surface area (Å²) in [7, 11) is 1.83. The molecule has 0 spiro atoms. The van der Waals surface area contributed by atoms with Crippen LogP contribution < -0.4 is 10.6 Å². The van der Waals surface area contributed by atoms with Crippen LogP contribution in [0.15, 0.2) is 47.1 Å². The van der Waals surface area contributed by atoms with E-state index in [-0.39, 0.29) is 5.69 Å². The molecular weight excluding hydrogens is 406 g/mol. The van der Waals surface area contributed by atoms with Crippen LogP contribution in [0.5, 0.6) is 0 Å². The summed E-state index contributed by atoms with van der Waals surface area (Å²) in [6, 6.07) is 8.05. The lowest BCUT2D eigenvalue weighted by atomic mass is 10.0. The monoisotopic (exact) mass is 420 g/mol. The number of carbonyl (C=O) groups excluding carboxylic acids is 1. The molecule has 0 fully saturated rings. The van der Waals surface area contributed by atoms with Crippen molar-refractivity contribution in [3.63, 3.8) is 0 Å². The summed E-state index contributed by atoms with van der Waals surface area (Å²) in [4.78, 5) is 12.1. The molecule has 2 N–H and O–H groups in total. The third-order valence-electron chi connectivity index (χ3n) is 3.82. The van der Waals surface area contributed by atoms with E-state index < -0.39 is 17.7 Å². The van der Waals surface area contributed by atoms with E-state index in [2.05, 4.69) is 31.7 Å². The summed E-state index contributed by atoms with van der Waals surface area (Å²) in [5.74, 6) is -2.00. The molecule has 0 aliphatic heterocycles. The van der Waals surface area contributed by atoms with Gasteiger partial charge in [-0.25, -0.2) is 13.6 Å². The molecule has 0 unspecified atom stereocenters. The summed E-state index contributed by atoms with van der Waals surface area (Å²) >= 11 is 3.47. The van der Waals surface area contributed by atoms with Crippen molar-refractivity contribution in [3.8, 4) is 11.3 Å². The van der Waals surface area contributed by atoms with Crippen molar-refractivity contribution < 1.29 is 13.6 Å². The molecule has 0 aliphatic rings. The molecule has 0 atom stereocenters. The van der Waals surface area contributed by atoms with E-state index in [0.29, 0.717) is 5.69 Å². The summed E-state index contributed by atoms with van der Waals surface area (Å²) in [6.07, 6.45) is 1.70. The van der Waals surface area contributed by atoms with Crippen LogP contribution in [0, 0.1) is 18.6 Å². The van der Waals surface area contributed by atoms with Gasteiger partial charge in [-0.15, -0.1) is 0 Å². The Morgan fingerprint density at radius 3 is 2.35 bits per heavy atom. The van der Waals surface area contributed by atoms with Gasteiger partial charge in [0, 0.05) is 30.1 Å². The molecule has 3 aromatic rings. The number of rotatable bonds is 3. The fourth-order valence-corrected chi connectivity index (χ4v) is 3.10. The molecule has 1 heterocycles. The fourth-order valence-electron chi connectivity index (χ4n) is 2.54. The number of nitrogens with zero attached hydrogens (tertiary/aromatic N) is 2. The summed E-state index contributed by atoms with van der Waals surface area (Å²) < 4.78 is 28.8. The number of hydrogen-bond acceptors (Lipinski definition) is 2. The first-order valence-electron chi connectivity index (χ1n) is 7.66. The zero-order valence-electron chi connectivity index (χ0n) is 14.0. The lowest BCUT2D eigenvalue weighted by molar-refractivity contribution is 0.262. The van der Waals surface area contributed by atoms with Gasteiger partial charge >= 0.3 is 6.03 Å². The van der Waals surface area contributed by atoms with Gasteiger partial charge in [-0.05, 0) is 52.7 Å². The van der Waals surface area contributed by atoms with Crippen LogP contribution in [-0.2, 0) is 7.05 Å². The van der Waals surface area contributed by atoms with Crippen LogP contribution in [0.4, 0.5) is 25.0 Å². The van der Waals surface area contributed by atoms with Gasteiger partial charge in [-0.2, -0.15) is 5.10 Å². The molecule has 0 saturated heterocycles. The molecule has 3 rings (SSSR count). The first-order valence-corrected chi connectivity index (χ1v) is 8.46. The van der Waals surface area contributed by atoms with Gasteiger partial charge in [-0.3, -0.25) is 4.68 Å². The van der Waals surface area contributed by atoms with Gasteiger partial charge in [0.15, 0.2) is 11.6 Å². The topological polar surface area (TPSA) is 59.0 Å². The van der Waals surface area contributed by atoms with Crippen LogP contribution in [0.25, 0.3) is 11.3 Å². The molecule has 0 saturated carbocycles. The van der Waals surface area contributed by atoms with Crippen molar-refractivity contribution in [1.82, 2.24) is 9.78 Å². The van der Waals surface area contributed by atoms with Gasteiger partial charge in [0.25, 0.3) is 0 Å². The highest BCUT2D eigenvalue weighted by Gasteiger charge is 2.13. The maximum Gasteiger partial charge on any atom is 0.323 e. The number of amides is 2. The van der Waals surface area contributed by atoms with Crippen molar-refractivity contribution in [2.75, 3.05) is 10.6 Å². The second-order valence-corrected chi connectivity index (χ2v) is 6.56. The van der Waals surface area contributed by atoms with Crippen LogP contribution in [0.3, 0.4) is 0 Å². The predicted molar refractivity (Wildman–Crippen MR) is 100 cm³/mol. The van der Waals surface area contributed by atoms with Crippen LogP contribution in [-0.4, -0.2) is 15.8 Å². The van der Waals surface area contributed by atoms with Crippen molar-refractivity contribution in [3.05, 3.63) is 64.3 Å². The lowest BCUT2D eigenvalue weighted by Crippen LogP contribution is -2.19. The number of aryl methyl sites for hydroxylation is 2. The smallest absolute Gasteiger partial charge is 0.308 e. The fraction of sp³-hybridized carbons (Fsp3) is 0.111. The number of halogens is 3. The summed E-state index contributed by atoms with van der Waals surface area (Å²) in [5, 5.41) is 9.35. The first-order chi connectivity index (χ1) is 12.3. The number of nitrogens with one attached hydrogen (secondary N) is 2. The minimum Gasteiger partial charge on any atom is -0.308 e. The molecule has 2 aromatic carbocycles. The number of hydrogen-bond donors (Lipinski definition) is 2. The molecule has 0 bridgehead atoms. The molecule has 8 heteroatoms. The second kappa shape index (κ2) is 7.25. The van der Waals surface area contributed by atoms with E-state index in [1.165, 1.54) is 6.07 Å². The minimum absolute atomic E-state index is 0.156.